The maximum absolute atomic E-state index is 13.9. The maximum Gasteiger partial charge on any atom is 0.213 e. The predicted octanol–water partition coefficient (Wildman–Crippen LogP) is 4.74. The van der Waals surface area contributed by atoms with E-state index < -0.39 is 0 Å². The van der Waals surface area contributed by atoms with Gasteiger partial charge >= 0.3 is 0 Å². The fraction of sp³-hybridized carbons (Fsp3) is 0.227. The number of nitrogens with one attached hydrogen (secondary N) is 1. The van der Waals surface area contributed by atoms with Gasteiger partial charge in [-0.1, -0.05) is 40.2 Å². The van der Waals surface area contributed by atoms with Gasteiger partial charge in [-0.05, 0) is 24.3 Å². The van der Waals surface area contributed by atoms with Crippen molar-refractivity contribution in [2.45, 2.75) is 13.2 Å². The lowest BCUT2D eigenvalue weighted by atomic mass is 10.1. The van der Waals surface area contributed by atoms with Crippen LogP contribution >= 0.6 is 15.9 Å². The number of aromatic nitrogens is 1. The van der Waals surface area contributed by atoms with Crippen molar-refractivity contribution < 1.29 is 18.6 Å². The van der Waals surface area contributed by atoms with Crippen molar-refractivity contribution in [2.24, 2.45) is 0 Å². The van der Waals surface area contributed by atoms with E-state index in [1.165, 1.54) is 6.07 Å². The fourth-order valence-corrected chi connectivity index (χ4v) is 3.16. The van der Waals surface area contributed by atoms with E-state index in [1.54, 1.807) is 31.5 Å². The number of hydrogen-bond acceptors (Lipinski definition) is 5. The zero-order chi connectivity index (χ0) is 20.5. The molecule has 0 saturated heterocycles. The van der Waals surface area contributed by atoms with Gasteiger partial charge in [-0.15, -0.1) is 0 Å². The standard InChI is InChI=1S/C22H22BrFN2O3/c1-27-20-10-9-18(23)17(14-25-12-13-28-21-8-4-5-11-26-21)22(20)29-15-16-6-2-3-7-19(16)24/h2-11,25H,12-15H2,1H3. The van der Waals surface area contributed by atoms with E-state index >= 15 is 0 Å². The summed E-state index contributed by atoms with van der Waals surface area (Å²) in [7, 11) is 1.58. The molecule has 3 aromatic rings. The average molecular weight is 461 g/mol. The lowest BCUT2D eigenvalue weighted by molar-refractivity contribution is 0.274. The molecule has 1 heterocycles. The Morgan fingerprint density at radius 3 is 2.62 bits per heavy atom. The van der Waals surface area contributed by atoms with Gasteiger partial charge in [0.25, 0.3) is 0 Å². The van der Waals surface area contributed by atoms with Crippen LogP contribution in [0.5, 0.6) is 17.4 Å². The number of ether oxygens (including phenoxy) is 3. The van der Waals surface area contributed by atoms with Gasteiger partial charge in [0.1, 0.15) is 19.0 Å². The molecule has 5 nitrogen and oxygen atoms in total. The molecule has 29 heavy (non-hydrogen) atoms. The van der Waals surface area contributed by atoms with Crippen LogP contribution < -0.4 is 19.5 Å². The molecule has 0 aliphatic rings. The molecule has 1 aromatic heterocycles. The van der Waals surface area contributed by atoms with Crippen molar-refractivity contribution in [2.75, 3.05) is 20.3 Å². The Bertz CT molecular complexity index is 925. The van der Waals surface area contributed by atoms with E-state index in [-0.39, 0.29) is 12.4 Å². The molecule has 0 aliphatic heterocycles. The Hall–Kier alpha value is -2.64. The van der Waals surface area contributed by atoms with E-state index in [9.17, 15) is 4.39 Å². The van der Waals surface area contributed by atoms with Crippen LogP contribution in [0.25, 0.3) is 0 Å². The lowest BCUT2D eigenvalue weighted by Crippen LogP contribution is -2.21. The van der Waals surface area contributed by atoms with Crippen LogP contribution in [0.15, 0.2) is 65.3 Å². The highest BCUT2D eigenvalue weighted by Gasteiger charge is 2.15. The average Bonchev–Trinajstić information content (AvgIpc) is 2.75. The van der Waals surface area contributed by atoms with E-state index in [0.29, 0.717) is 42.6 Å². The third-order valence-electron chi connectivity index (χ3n) is 4.19. The molecule has 152 valence electrons. The molecule has 0 fully saturated rings. The minimum Gasteiger partial charge on any atom is -0.493 e. The van der Waals surface area contributed by atoms with Crippen molar-refractivity contribution in [3.05, 3.63) is 82.2 Å². The van der Waals surface area contributed by atoms with Crippen molar-refractivity contribution in [3.8, 4) is 17.4 Å². The summed E-state index contributed by atoms with van der Waals surface area (Å²) in [6.07, 6.45) is 1.69. The number of benzene rings is 2. The second-order valence-corrected chi connectivity index (χ2v) is 6.98. The van der Waals surface area contributed by atoms with Crippen LogP contribution in [0.2, 0.25) is 0 Å². The van der Waals surface area contributed by atoms with Gasteiger partial charge in [0.05, 0.1) is 7.11 Å². The van der Waals surface area contributed by atoms with Crippen LogP contribution in [0.3, 0.4) is 0 Å². The van der Waals surface area contributed by atoms with Crippen LogP contribution in [0.1, 0.15) is 11.1 Å². The minimum atomic E-state index is -0.298. The zero-order valence-electron chi connectivity index (χ0n) is 16.0. The number of nitrogens with zero attached hydrogens (tertiary/aromatic N) is 1. The predicted molar refractivity (Wildman–Crippen MR) is 113 cm³/mol. The van der Waals surface area contributed by atoms with Gasteiger partial charge in [-0.3, -0.25) is 0 Å². The number of pyridine rings is 1. The summed E-state index contributed by atoms with van der Waals surface area (Å²) in [5.41, 5.74) is 1.37. The topological polar surface area (TPSA) is 52.6 Å². The van der Waals surface area contributed by atoms with Crippen LogP contribution in [0, 0.1) is 5.82 Å². The summed E-state index contributed by atoms with van der Waals surface area (Å²) in [6, 6.07) is 15.8. The van der Waals surface area contributed by atoms with Gasteiger partial charge in [0.2, 0.25) is 5.88 Å². The van der Waals surface area contributed by atoms with Crippen LogP contribution in [-0.4, -0.2) is 25.2 Å². The highest BCUT2D eigenvalue weighted by atomic mass is 79.9. The maximum atomic E-state index is 13.9. The minimum absolute atomic E-state index is 0.106. The normalized spacial score (nSPS) is 10.6. The molecule has 0 radical (unpaired) electrons. The molecule has 0 atom stereocenters. The van der Waals surface area contributed by atoms with E-state index in [2.05, 4.69) is 26.2 Å². The summed E-state index contributed by atoms with van der Waals surface area (Å²) in [5.74, 6) is 1.45. The van der Waals surface area contributed by atoms with Crippen molar-refractivity contribution >= 4 is 15.9 Å². The third-order valence-corrected chi connectivity index (χ3v) is 4.93. The van der Waals surface area contributed by atoms with Crippen molar-refractivity contribution in [1.29, 1.82) is 0 Å². The number of methoxy groups -OCH3 is 1. The first-order valence-electron chi connectivity index (χ1n) is 9.15. The van der Waals surface area contributed by atoms with E-state index in [1.807, 2.05) is 30.3 Å². The van der Waals surface area contributed by atoms with E-state index in [0.717, 1.165) is 10.0 Å². The van der Waals surface area contributed by atoms with Gasteiger partial charge in [0.15, 0.2) is 11.5 Å². The van der Waals surface area contributed by atoms with Gasteiger partial charge < -0.3 is 19.5 Å². The second kappa shape index (κ2) is 10.8. The van der Waals surface area contributed by atoms with Gasteiger partial charge in [-0.2, -0.15) is 0 Å². The first-order valence-corrected chi connectivity index (χ1v) is 9.94. The second-order valence-electron chi connectivity index (χ2n) is 6.13. The van der Waals surface area contributed by atoms with Gasteiger partial charge in [-0.25, -0.2) is 9.37 Å². The Kier molecular flexibility index (Phi) is 7.84. The summed E-state index contributed by atoms with van der Waals surface area (Å²) < 4.78 is 31.8. The first-order chi connectivity index (χ1) is 14.2. The first kappa shape index (κ1) is 21.1. The number of hydrogen-bond donors (Lipinski definition) is 1. The van der Waals surface area contributed by atoms with E-state index in [4.69, 9.17) is 14.2 Å². The number of halogens is 2. The smallest absolute Gasteiger partial charge is 0.213 e. The SMILES string of the molecule is COc1ccc(Br)c(CNCCOc2ccccn2)c1OCc1ccccc1F. The molecule has 0 saturated carbocycles. The third kappa shape index (κ3) is 5.92. The van der Waals surface area contributed by atoms with Crippen molar-refractivity contribution in [3.63, 3.8) is 0 Å². The quantitative estimate of drug-likeness (QED) is 0.442. The molecule has 3 rings (SSSR count). The molecule has 1 N–H and O–H groups in total. The van der Waals surface area contributed by atoms with Crippen LogP contribution in [0.4, 0.5) is 4.39 Å². The molecular formula is C22H22BrFN2O3. The summed E-state index contributed by atoms with van der Waals surface area (Å²) >= 11 is 3.57. The molecule has 0 spiro atoms. The van der Waals surface area contributed by atoms with Crippen LogP contribution in [-0.2, 0) is 13.2 Å². The molecular weight excluding hydrogens is 439 g/mol. The summed E-state index contributed by atoms with van der Waals surface area (Å²) in [6.45, 7) is 1.72. The highest BCUT2D eigenvalue weighted by molar-refractivity contribution is 9.10. The molecule has 0 bridgehead atoms. The molecule has 2 aromatic carbocycles. The Labute approximate surface area is 178 Å². The lowest BCUT2D eigenvalue weighted by Gasteiger charge is -2.17. The Morgan fingerprint density at radius 1 is 1.03 bits per heavy atom. The summed E-state index contributed by atoms with van der Waals surface area (Å²) in [5, 5.41) is 3.32. The molecule has 0 amide bonds. The molecule has 7 heteroatoms. The molecule has 0 unspecified atom stereocenters. The number of rotatable bonds is 10. The summed E-state index contributed by atoms with van der Waals surface area (Å²) in [4.78, 5) is 4.12. The van der Waals surface area contributed by atoms with Crippen molar-refractivity contribution in [1.82, 2.24) is 10.3 Å². The largest absolute Gasteiger partial charge is 0.493 e. The monoisotopic (exact) mass is 460 g/mol. The Morgan fingerprint density at radius 2 is 1.86 bits per heavy atom. The zero-order valence-corrected chi connectivity index (χ0v) is 17.6. The fourth-order valence-electron chi connectivity index (χ4n) is 2.71. The van der Waals surface area contributed by atoms with Gasteiger partial charge in [0, 0.05) is 41.0 Å². The molecule has 0 aliphatic carbocycles. The Balaban J connectivity index is 1.63. The highest BCUT2D eigenvalue weighted by Crippen LogP contribution is 2.36.